The predicted molar refractivity (Wildman–Crippen MR) is 91.2 cm³/mol. The van der Waals surface area contributed by atoms with Crippen molar-refractivity contribution < 1.29 is 18.0 Å². The Morgan fingerprint density at radius 1 is 1.12 bits per heavy atom. The molecule has 0 radical (unpaired) electrons. The quantitative estimate of drug-likeness (QED) is 0.757. The molecule has 3 rings (SSSR count). The molecule has 1 unspecified atom stereocenters. The van der Waals surface area contributed by atoms with Crippen LogP contribution in [0.25, 0.3) is 0 Å². The molecule has 0 aliphatic carbocycles. The molecule has 2 nitrogen and oxygen atoms in total. The van der Waals surface area contributed by atoms with Crippen LogP contribution in [0.5, 0.6) is 0 Å². The van der Waals surface area contributed by atoms with Gasteiger partial charge < -0.3 is 4.90 Å². The van der Waals surface area contributed by atoms with Crippen LogP contribution in [0, 0.1) is 41.1 Å². The Morgan fingerprint density at radius 2 is 1.92 bits per heavy atom. The minimum Gasteiger partial charge on any atom is -0.326 e. The van der Waals surface area contributed by atoms with Crippen molar-refractivity contribution in [3.05, 3.63) is 70.5 Å². The maximum absolute atomic E-state index is 14.3. The summed E-state index contributed by atoms with van der Waals surface area (Å²) in [7, 11) is 0. The molecule has 5 heteroatoms. The van der Waals surface area contributed by atoms with E-state index in [1.165, 1.54) is 23.1 Å². The summed E-state index contributed by atoms with van der Waals surface area (Å²) < 4.78 is 42.0. The lowest BCUT2D eigenvalue weighted by atomic mass is 10.0. The largest absolute Gasteiger partial charge is 0.326 e. The summed E-state index contributed by atoms with van der Waals surface area (Å²) in [5, 5.41) is 0. The Labute approximate surface area is 149 Å². The number of nitrogens with zero attached hydrogens (tertiary/aromatic N) is 1. The van der Waals surface area contributed by atoms with Crippen LogP contribution in [0.15, 0.2) is 36.4 Å². The van der Waals surface area contributed by atoms with E-state index in [1.807, 2.05) is 0 Å². The lowest BCUT2D eigenvalue weighted by Gasteiger charge is -2.27. The first-order valence-electron chi connectivity index (χ1n) is 7.96. The van der Waals surface area contributed by atoms with Crippen molar-refractivity contribution in [3.63, 3.8) is 0 Å². The fourth-order valence-electron chi connectivity index (χ4n) is 2.98. The van der Waals surface area contributed by atoms with E-state index in [2.05, 4.69) is 23.7 Å². The molecule has 2 aromatic rings. The molecule has 130 valence electrons. The van der Waals surface area contributed by atoms with Gasteiger partial charge in [-0.3, -0.25) is 4.79 Å². The van der Waals surface area contributed by atoms with Crippen molar-refractivity contribution in [2.24, 2.45) is 0 Å². The SMILES string of the molecule is CC#CC#CCC(c1cc(F)ccc1F)N1Cc2c(F)cccc2C1=O. The molecule has 0 aromatic heterocycles. The summed E-state index contributed by atoms with van der Waals surface area (Å²) in [6.07, 6.45) is 0.0520. The van der Waals surface area contributed by atoms with E-state index in [0.29, 0.717) is 0 Å². The minimum absolute atomic E-state index is 0.00493. The van der Waals surface area contributed by atoms with Crippen LogP contribution >= 0.6 is 0 Å². The van der Waals surface area contributed by atoms with Crippen LogP contribution in [-0.4, -0.2) is 10.8 Å². The average Bonchev–Trinajstić information content (AvgIpc) is 2.96. The van der Waals surface area contributed by atoms with Gasteiger partial charge in [-0.25, -0.2) is 13.2 Å². The summed E-state index contributed by atoms with van der Waals surface area (Å²) in [4.78, 5) is 14.0. The van der Waals surface area contributed by atoms with E-state index in [4.69, 9.17) is 0 Å². The molecular weight excluding hydrogens is 339 g/mol. The molecule has 1 heterocycles. The highest BCUT2D eigenvalue weighted by Crippen LogP contribution is 2.35. The van der Waals surface area contributed by atoms with Crippen molar-refractivity contribution >= 4 is 5.91 Å². The molecule has 0 spiro atoms. The lowest BCUT2D eigenvalue weighted by Crippen LogP contribution is -2.29. The van der Waals surface area contributed by atoms with Gasteiger partial charge in [0, 0.05) is 23.1 Å². The molecule has 0 bridgehead atoms. The van der Waals surface area contributed by atoms with Crippen LogP contribution in [0.3, 0.4) is 0 Å². The zero-order chi connectivity index (χ0) is 18.7. The molecular formula is C21H14F3NO. The van der Waals surface area contributed by atoms with Gasteiger partial charge in [0.2, 0.25) is 0 Å². The van der Waals surface area contributed by atoms with Gasteiger partial charge in [-0.05, 0) is 49.1 Å². The van der Waals surface area contributed by atoms with E-state index >= 15 is 0 Å². The zero-order valence-electron chi connectivity index (χ0n) is 13.9. The Hall–Kier alpha value is -3.18. The van der Waals surface area contributed by atoms with Crippen molar-refractivity contribution in [2.75, 3.05) is 0 Å². The highest BCUT2D eigenvalue weighted by atomic mass is 19.1. The first-order chi connectivity index (χ1) is 12.5. The number of fused-ring (bicyclic) bond motifs is 1. The van der Waals surface area contributed by atoms with Gasteiger partial charge in [-0.15, -0.1) is 0 Å². The number of amides is 1. The van der Waals surface area contributed by atoms with Crippen LogP contribution in [0.4, 0.5) is 13.2 Å². The molecule has 2 aromatic carbocycles. The molecule has 0 N–H and O–H groups in total. The number of halogens is 3. The minimum atomic E-state index is -0.851. The van der Waals surface area contributed by atoms with Gasteiger partial charge in [0.25, 0.3) is 5.91 Å². The van der Waals surface area contributed by atoms with E-state index in [9.17, 15) is 18.0 Å². The smallest absolute Gasteiger partial charge is 0.255 e. The maximum Gasteiger partial charge on any atom is 0.255 e. The second-order valence-electron chi connectivity index (χ2n) is 5.76. The van der Waals surface area contributed by atoms with E-state index in [1.54, 1.807) is 6.92 Å². The topological polar surface area (TPSA) is 20.3 Å². The van der Waals surface area contributed by atoms with E-state index in [0.717, 1.165) is 18.2 Å². The summed E-state index contributed by atoms with van der Waals surface area (Å²) in [5.74, 6) is 8.35. The van der Waals surface area contributed by atoms with Gasteiger partial charge in [0.05, 0.1) is 12.6 Å². The standard InChI is InChI=1S/C21H14F3NO/c1-2-3-4-5-9-20(16-12-14(22)10-11-19(16)24)25-13-17-15(21(25)26)7-6-8-18(17)23/h6-8,10-12,20H,9,13H2,1H3. The fourth-order valence-corrected chi connectivity index (χ4v) is 2.98. The first-order valence-corrected chi connectivity index (χ1v) is 7.96. The highest BCUT2D eigenvalue weighted by Gasteiger charge is 2.35. The number of rotatable bonds is 3. The highest BCUT2D eigenvalue weighted by molar-refractivity contribution is 5.98. The number of carbonyl (C=O) groups excluding carboxylic acids is 1. The molecule has 26 heavy (non-hydrogen) atoms. The summed E-state index contributed by atoms with van der Waals surface area (Å²) in [5.41, 5.74) is 0.485. The average molecular weight is 353 g/mol. The van der Waals surface area contributed by atoms with Gasteiger partial charge in [-0.1, -0.05) is 17.9 Å². The Morgan fingerprint density at radius 3 is 2.65 bits per heavy atom. The maximum atomic E-state index is 14.3. The normalized spacial score (nSPS) is 13.4. The van der Waals surface area contributed by atoms with Gasteiger partial charge in [0.15, 0.2) is 0 Å². The van der Waals surface area contributed by atoms with Crippen LogP contribution in [0.1, 0.15) is 40.9 Å². The molecule has 1 aliphatic rings. The number of benzene rings is 2. The van der Waals surface area contributed by atoms with Crippen molar-refractivity contribution in [1.82, 2.24) is 4.90 Å². The Kier molecular flexibility index (Phi) is 5.00. The third kappa shape index (κ3) is 3.30. The molecule has 1 atom stereocenters. The number of hydrogen-bond acceptors (Lipinski definition) is 1. The van der Waals surface area contributed by atoms with E-state index < -0.39 is 29.4 Å². The van der Waals surface area contributed by atoms with Gasteiger partial charge in [0.1, 0.15) is 17.5 Å². The fraction of sp³-hybridized carbons (Fsp3) is 0.190. The molecule has 0 fully saturated rings. The van der Waals surface area contributed by atoms with Crippen molar-refractivity contribution in [3.8, 4) is 23.7 Å². The predicted octanol–water partition coefficient (Wildman–Crippen LogP) is 4.22. The number of carbonyl (C=O) groups is 1. The second-order valence-corrected chi connectivity index (χ2v) is 5.76. The molecule has 0 saturated heterocycles. The van der Waals surface area contributed by atoms with Crippen LogP contribution < -0.4 is 0 Å². The third-order valence-electron chi connectivity index (χ3n) is 4.20. The van der Waals surface area contributed by atoms with E-state index in [-0.39, 0.29) is 29.7 Å². The first kappa shape index (κ1) is 17.6. The molecule has 0 saturated carbocycles. The zero-order valence-corrected chi connectivity index (χ0v) is 13.9. The monoisotopic (exact) mass is 353 g/mol. The molecule has 1 amide bonds. The van der Waals surface area contributed by atoms with Crippen LogP contribution in [-0.2, 0) is 6.54 Å². The van der Waals surface area contributed by atoms with Crippen LogP contribution in [0.2, 0.25) is 0 Å². The second kappa shape index (κ2) is 7.37. The number of hydrogen-bond donors (Lipinski definition) is 0. The van der Waals surface area contributed by atoms with Gasteiger partial charge in [-0.2, -0.15) is 0 Å². The Bertz CT molecular complexity index is 992. The Balaban J connectivity index is 2.03. The lowest BCUT2D eigenvalue weighted by molar-refractivity contribution is 0.0700. The summed E-state index contributed by atoms with van der Waals surface area (Å²) in [6.45, 7) is 1.60. The summed E-state index contributed by atoms with van der Waals surface area (Å²) in [6, 6.07) is 6.44. The summed E-state index contributed by atoms with van der Waals surface area (Å²) >= 11 is 0. The van der Waals surface area contributed by atoms with Gasteiger partial charge >= 0.3 is 0 Å². The van der Waals surface area contributed by atoms with Crippen molar-refractivity contribution in [2.45, 2.75) is 25.9 Å². The van der Waals surface area contributed by atoms with Crippen molar-refractivity contribution in [1.29, 1.82) is 0 Å². The molecule has 1 aliphatic heterocycles. The third-order valence-corrected chi connectivity index (χ3v) is 4.20.